The Kier molecular flexibility index (Phi) is 7.32. The van der Waals surface area contributed by atoms with E-state index in [-0.39, 0.29) is 11.7 Å². The van der Waals surface area contributed by atoms with Gasteiger partial charge in [-0.1, -0.05) is 13.8 Å². The standard InChI is InChI=1S/C17H29N3O2/c1-6-9-20(10-7-2)11-8-18-17(22)16-12(3)15(14(5)21)13(4)19-16/h19H,6-11H2,1-5H3,(H,18,22). The predicted molar refractivity (Wildman–Crippen MR) is 89.6 cm³/mol. The lowest BCUT2D eigenvalue weighted by atomic mass is 10.1. The monoisotopic (exact) mass is 307 g/mol. The van der Waals surface area contributed by atoms with Gasteiger partial charge in [-0.3, -0.25) is 9.59 Å². The third-order valence-electron chi connectivity index (χ3n) is 3.81. The zero-order valence-corrected chi connectivity index (χ0v) is 14.5. The third kappa shape index (κ3) is 4.70. The molecule has 1 heterocycles. The smallest absolute Gasteiger partial charge is 0.268 e. The Hall–Kier alpha value is -1.62. The first-order valence-corrected chi connectivity index (χ1v) is 8.12. The van der Waals surface area contributed by atoms with Gasteiger partial charge < -0.3 is 15.2 Å². The van der Waals surface area contributed by atoms with Crippen LogP contribution in [-0.2, 0) is 0 Å². The number of aromatic nitrogens is 1. The molecule has 0 saturated carbocycles. The summed E-state index contributed by atoms with van der Waals surface area (Å²) in [5.74, 6) is -0.150. The molecule has 5 heteroatoms. The minimum atomic E-state index is -0.138. The third-order valence-corrected chi connectivity index (χ3v) is 3.81. The number of amides is 1. The van der Waals surface area contributed by atoms with Gasteiger partial charge in [-0.2, -0.15) is 0 Å². The fourth-order valence-electron chi connectivity index (χ4n) is 2.89. The molecule has 0 spiro atoms. The molecule has 0 saturated heterocycles. The molecule has 1 amide bonds. The first-order chi connectivity index (χ1) is 10.4. The van der Waals surface area contributed by atoms with Crippen LogP contribution < -0.4 is 5.32 Å². The Morgan fingerprint density at radius 1 is 1.09 bits per heavy atom. The second-order valence-corrected chi connectivity index (χ2v) is 5.78. The summed E-state index contributed by atoms with van der Waals surface area (Å²) in [6, 6.07) is 0. The van der Waals surface area contributed by atoms with Crippen LogP contribution in [0.1, 0.15) is 65.7 Å². The number of carbonyl (C=O) groups is 2. The topological polar surface area (TPSA) is 65.2 Å². The highest BCUT2D eigenvalue weighted by Gasteiger charge is 2.19. The minimum absolute atomic E-state index is 0.0117. The molecule has 0 aliphatic rings. The molecule has 0 atom stereocenters. The van der Waals surface area contributed by atoms with E-state index in [9.17, 15) is 9.59 Å². The maximum absolute atomic E-state index is 12.3. The van der Waals surface area contributed by atoms with Crippen LogP contribution in [0.2, 0.25) is 0 Å². The lowest BCUT2D eigenvalue weighted by molar-refractivity contribution is 0.0943. The van der Waals surface area contributed by atoms with E-state index in [2.05, 4.69) is 29.0 Å². The molecule has 0 aromatic carbocycles. The van der Waals surface area contributed by atoms with Crippen molar-refractivity contribution in [3.05, 3.63) is 22.5 Å². The predicted octanol–water partition coefficient (Wildman–Crippen LogP) is 2.69. The van der Waals surface area contributed by atoms with Crippen LogP contribution >= 0.6 is 0 Å². The van der Waals surface area contributed by atoms with Crippen LogP contribution in [0.5, 0.6) is 0 Å². The molecule has 22 heavy (non-hydrogen) atoms. The Morgan fingerprint density at radius 2 is 1.68 bits per heavy atom. The van der Waals surface area contributed by atoms with Crippen LogP contribution in [0, 0.1) is 13.8 Å². The minimum Gasteiger partial charge on any atom is -0.354 e. The Morgan fingerprint density at radius 3 is 2.14 bits per heavy atom. The molecule has 124 valence electrons. The van der Waals surface area contributed by atoms with E-state index in [1.807, 2.05) is 13.8 Å². The van der Waals surface area contributed by atoms with Gasteiger partial charge in [0.15, 0.2) is 5.78 Å². The number of nitrogens with one attached hydrogen (secondary N) is 2. The van der Waals surface area contributed by atoms with Gasteiger partial charge in [0.25, 0.3) is 5.91 Å². The van der Waals surface area contributed by atoms with Crippen molar-refractivity contribution in [2.24, 2.45) is 0 Å². The molecule has 0 bridgehead atoms. The SMILES string of the molecule is CCCN(CCC)CCNC(=O)c1[nH]c(C)c(C(C)=O)c1C. The van der Waals surface area contributed by atoms with Crippen molar-refractivity contribution in [1.82, 2.24) is 15.2 Å². The number of ketones is 1. The Bertz CT molecular complexity index is 514. The zero-order chi connectivity index (χ0) is 16.7. The van der Waals surface area contributed by atoms with E-state index in [0.717, 1.165) is 43.7 Å². The zero-order valence-electron chi connectivity index (χ0n) is 14.5. The highest BCUT2D eigenvalue weighted by atomic mass is 16.2. The summed E-state index contributed by atoms with van der Waals surface area (Å²) in [5, 5.41) is 2.94. The normalized spacial score (nSPS) is 11.0. The highest BCUT2D eigenvalue weighted by Crippen LogP contribution is 2.18. The summed E-state index contributed by atoms with van der Waals surface area (Å²) < 4.78 is 0. The van der Waals surface area contributed by atoms with Crippen molar-refractivity contribution >= 4 is 11.7 Å². The molecule has 5 nitrogen and oxygen atoms in total. The molecule has 1 aromatic heterocycles. The molecule has 0 aliphatic heterocycles. The molecule has 0 unspecified atom stereocenters. The lowest BCUT2D eigenvalue weighted by Crippen LogP contribution is -2.36. The number of hydrogen-bond acceptors (Lipinski definition) is 3. The first kappa shape index (κ1) is 18.4. The number of aromatic amines is 1. The quantitative estimate of drug-likeness (QED) is 0.689. The molecule has 1 rings (SSSR count). The molecule has 0 aliphatic carbocycles. The molecule has 0 fully saturated rings. The van der Waals surface area contributed by atoms with Crippen LogP contribution in [0.4, 0.5) is 0 Å². The second kappa shape index (κ2) is 8.73. The lowest BCUT2D eigenvalue weighted by Gasteiger charge is -2.20. The second-order valence-electron chi connectivity index (χ2n) is 5.78. The van der Waals surface area contributed by atoms with Crippen molar-refractivity contribution in [3.8, 4) is 0 Å². The fraction of sp³-hybridized carbons (Fsp3) is 0.647. The van der Waals surface area contributed by atoms with E-state index in [4.69, 9.17) is 0 Å². The van der Waals surface area contributed by atoms with Crippen molar-refractivity contribution in [3.63, 3.8) is 0 Å². The van der Waals surface area contributed by atoms with Crippen LogP contribution in [0.3, 0.4) is 0 Å². The maximum Gasteiger partial charge on any atom is 0.268 e. The van der Waals surface area contributed by atoms with Crippen LogP contribution in [-0.4, -0.2) is 47.8 Å². The number of H-pyrrole nitrogens is 1. The van der Waals surface area contributed by atoms with Gasteiger partial charge in [-0.15, -0.1) is 0 Å². The first-order valence-electron chi connectivity index (χ1n) is 8.12. The fourth-order valence-corrected chi connectivity index (χ4v) is 2.89. The molecular formula is C17H29N3O2. The summed E-state index contributed by atoms with van der Waals surface area (Å²) in [6.45, 7) is 13.1. The summed E-state index contributed by atoms with van der Waals surface area (Å²) in [4.78, 5) is 29.3. The van der Waals surface area contributed by atoms with Gasteiger partial charge in [0, 0.05) is 24.3 Å². The van der Waals surface area contributed by atoms with E-state index < -0.39 is 0 Å². The number of hydrogen-bond donors (Lipinski definition) is 2. The van der Waals surface area contributed by atoms with Gasteiger partial charge in [0.1, 0.15) is 5.69 Å². The number of rotatable bonds is 9. The van der Waals surface area contributed by atoms with Crippen molar-refractivity contribution in [1.29, 1.82) is 0 Å². The number of nitrogens with zero attached hydrogens (tertiary/aromatic N) is 1. The number of carbonyl (C=O) groups excluding carboxylic acids is 2. The van der Waals surface area contributed by atoms with Gasteiger partial charge in [-0.05, 0) is 52.3 Å². The van der Waals surface area contributed by atoms with Crippen molar-refractivity contribution in [2.75, 3.05) is 26.2 Å². The van der Waals surface area contributed by atoms with E-state index in [1.54, 1.807) is 0 Å². The van der Waals surface area contributed by atoms with Gasteiger partial charge >= 0.3 is 0 Å². The Balaban J connectivity index is 2.63. The largest absolute Gasteiger partial charge is 0.354 e. The Labute approximate surface area is 133 Å². The highest BCUT2D eigenvalue weighted by molar-refractivity contribution is 6.02. The van der Waals surface area contributed by atoms with Crippen LogP contribution in [0.25, 0.3) is 0 Å². The summed E-state index contributed by atoms with van der Waals surface area (Å²) in [7, 11) is 0. The molecule has 1 aromatic rings. The average Bonchev–Trinajstić information content (AvgIpc) is 2.74. The maximum atomic E-state index is 12.3. The summed E-state index contributed by atoms with van der Waals surface area (Å²) >= 11 is 0. The molecular weight excluding hydrogens is 278 g/mol. The van der Waals surface area contributed by atoms with Crippen LogP contribution in [0.15, 0.2) is 0 Å². The molecule has 2 N–H and O–H groups in total. The summed E-state index contributed by atoms with van der Waals surface area (Å²) in [5.41, 5.74) is 2.62. The molecule has 0 radical (unpaired) electrons. The average molecular weight is 307 g/mol. The number of Topliss-reactive ketones (excluding diaryl/α,β-unsaturated/α-hetero) is 1. The van der Waals surface area contributed by atoms with Gasteiger partial charge in [0.05, 0.1) is 0 Å². The van der Waals surface area contributed by atoms with E-state index >= 15 is 0 Å². The van der Waals surface area contributed by atoms with Gasteiger partial charge in [0.2, 0.25) is 0 Å². The van der Waals surface area contributed by atoms with Gasteiger partial charge in [-0.25, -0.2) is 0 Å². The van der Waals surface area contributed by atoms with Crippen molar-refractivity contribution in [2.45, 2.75) is 47.5 Å². The van der Waals surface area contributed by atoms with E-state index in [1.165, 1.54) is 6.92 Å². The van der Waals surface area contributed by atoms with Crippen molar-refractivity contribution < 1.29 is 9.59 Å². The summed E-state index contributed by atoms with van der Waals surface area (Å²) in [6.07, 6.45) is 2.23. The number of aryl methyl sites for hydroxylation is 1. The van der Waals surface area contributed by atoms with E-state index in [0.29, 0.717) is 17.8 Å².